The summed E-state index contributed by atoms with van der Waals surface area (Å²) in [6.07, 6.45) is 2.00. The van der Waals surface area contributed by atoms with E-state index in [0.29, 0.717) is 16.6 Å². The number of thioether (sulfide) groups is 1. The van der Waals surface area contributed by atoms with Crippen molar-refractivity contribution in [3.8, 4) is 0 Å². The largest absolute Gasteiger partial charge is 0.395 e. The first-order valence-corrected chi connectivity index (χ1v) is 7.43. The lowest BCUT2D eigenvalue weighted by Crippen LogP contribution is -2.37. The average molecular weight is 294 g/mol. The Labute approximate surface area is 117 Å². The number of aliphatic hydroxyl groups is 1. The van der Waals surface area contributed by atoms with Crippen molar-refractivity contribution < 1.29 is 5.11 Å². The Balaban J connectivity index is 2.55. The third-order valence-corrected chi connectivity index (χ3v) is 4.19. The molecule has 0 saturated carbocycles. The molecular weight excluding hydrogens is 277 g/mol. The van der Waals surface area contributed by atoms with Gasteiger partial charge in [0, 0.05) is 27.9 Å². The molecule has 0 aliphatic heterocycles. The summed E-state index contributed by atoms with van der Waals surface area (Å²) in [5.74, 6) is 0. The number of aliphatic hydroxyl groups excluding tert-OH is 1. The third kappa shape index (κ3) is 5.06. The van der Waals surface area contributed by atoms with Gasteiger partial charge in [-0.25, -0.2) is 0 Å². The molecule has 0 bridgehead atoms. The zero-order chi connectivity index (χ0) is 12.8. The first-order chi connectivity index (χ1) is 8.06. The van der Waals surface area contributed by atoms with Crippen LogP contribution in [0.5, 0.6) is 0 Å². The highest BCUT2D eigenvalue weighted by atomic mass is 35.5. The number of benzene rings is 1. The van der Waals surface area contributed by atoms with E-state index in [0.717, 1.165) is 5.56 Å². The van der Waals surface area contributed by atoms with Gasteiger partial charge in [-0.2, -0.15) is 11.8 Å². The van der Waals surface area contributed by atoms with E-state index in [1.54, 1.807) is 17.8 Å². The molecule has 17 heavy (non-hydrogen) atoms. The lowest BCUT2D eigenvalue weighted by molar-refractivity contribution is 0.276. The summed E-state index contributed by atoms with van der Waals surface area (Å²) in [6, 6.07) is 5.72. The zero-order valence-electron chi connectivity index (χ0n) is 9.91. The molecule has 96 valence electrons. The summed E-state index contributed by atoms with van der Waals surface area (Å²) in [7, 11) is 0. The van der Waals surface area contributed by atoms with Crippen LogP contribution < -0.4 is 5.32 Å². The third-order valence-electron chi connectivity index (χ3n) is 2.59. The van der Waals surface area contributed by atoms with Crippen molar-refractivity contribution in [3.63, 3.8) is 0 Å². The predicted molar refractivity (Wildman–Crippen MR) is 77.2 cm³/mol. The van der Waals surface area contributed by atoms with Gasteiger partial charge in [0.05, 0.1) is 6.61 Å². The molecule has 2 unspecified atom stereocenters. The minimum atomic E-state index is 0.172. The van der Waals surface area contributed by atoms with E-state index in [9.17, 15) is 5.11 Å². The van der Waals surface area contributed by atoms with E-state index in [4.69, 9.17) is 23.2 Å². The zero-order valence-corrected chi connectivity index (χ0v) is 12.2. The quantitative estimate of drug-likeness (QED) is 0.845. The highest BCUT2D eigenvalue weighted by Gasteiger charge is 2.14. The molecule has 0 saturated heterocycles. The molecule has 0 fully saturated rings. The second kappa shape index (κ2) is 7.49. The van der Waals surface area contributed by atoms with Crippen LogP contribution in [0.3, 0.4) is 0 Å². The van der Waals surface area contributed by atoms with Crippen molar-refractivity contribution in [1.82, 2.24) is 5.32 Å². The molecule has 0 heterocycles. The van der Waals surface area contributed by atoms with Gasteiger partial charge in [-0.05, 0) is 36.9 Å². The SMILES string of the molecule is CSC(CO)C(C)NCc1cc(Cl)cc(Cl)c1. The monoisotopic (exact) mass is 293 g/mol. The van der Waals surface area contributed by atoms with Crippen LogP contribution >= 0.6 is 35.0 Å². The number of nitrogens with one attached hydrogen (secondary N) is 1. The minimum absolute atomic E-state index is 0.172. The van der Waals surface area contributed by atoms with E-state index in [1.165, 1.54) is 0 Å². The predicted octanol–water partition coefficient (Wildman–Crippen LogP) is 3.20. The topological polar surface area (TPSA) is 32.3 Å². The van der Waals surface area contributed by atoms with Crippen molar-refractivity contribution >= 4 is 35.0 Å². The maximum Gasteiger partial charge on any atom is 0.0564 e. The van der Waals surface area contributed by atoms with Crippen LogP contribution in [0.25, 0.3) is 0 Å². The van der Waals surface area contributed by atoms with Crippen molar-refractivity contribution in [2.45, 2.75) is 24.8 Å². The number of hydrogen-bond donors (Lipinski definition) is 2. The molecule has 1 aromatic carbocycles. The molecule has 2 N–H and O–H groups in total. The summed E-state index contributed by atoms with van der Waals surface area (Å²) in [5, 5.41) is 14.0. The van der Waals surface area contributed by atoms with Crippen LogP contribution in [0.1, 0.15) is 12.5 Å². The van der Waals surface area contributed by atoms with Crippen molar-refractivity contribution in [2.24, 2.45) is 0 Å². The van der Waals surface area contributed by atoms with Crippen LogP contribution in [0.15, 0.2) is 18.2 Å². The molecule has 0 amide bonds. The van der Waals surface area contributed by atoms with Gasteiger partial charge < -0.3 is 10.4 Å². The first-order valence-electron chi connectivity index (χ1n) is 5.38. The van der Waals surface area contributed by atoms with Crippen LogP contribution in [0.4, 0.5) is 0 Å². The van der Waals surface area contributed by atoms with Gasteiger partial charge in [-0.3, -0.25) is 0 Å². The Morgan fingerprint density at radius 3 is 2.35 bits per heavy atom. The summed E-state index contributed by atoms with van der Waals surface area (Å²) in [6.45, 7) is 2.92. The Morgan fingerprint density at radius 2 is 1.88 bits per heavy atom. The lowest BCUT2D eigenvalue weighted by Gasteiger charge is -2.21. The van der Waals surface area contributed by atoms with Crippen LogP contribution in [-0.2, 0) is 6.54 Å². The molecule has 0 spiro atoms. The molecule has 0 aliphatic rings. The second-order valence-corrected chi connectivity index (χ2v) is 5.85. The van der Waals surface area contributed by atoms with Gasteiger partial charge in [0.15, 0.2) is 0 Å². The van der Waals surface area contributed by atoms with Gasteiger partial charge in [0.25, 0.3) is 0 Å². The van der Waals surface area contributed by atoms with Crippen molar-refractivity contribution in [3.05, 3.63) is 33.8 Å². The Hall–Kier alpha value is 0.0700. The number of halogens is 2. The van der Waals surface area contributed by atoms with Crippen molar-refractivity contribution in [1.29, 1.82) is 0 Å². The fourth-order valence-electron chi connectivity index (χ4n) is 1.56. The molecule has 2 atom stereocenters. The standard InChI is InChI=1S/C12H17Cl2NOS/c1-8(12(7-16)17-2)15-6-9-3-10(13)5-11(14)4-9/h3-5,8,12,15-16H,6-7H2,1-2H3. The van der Waals surface area contributed by atoms with E-state index in [2.05, 4.69) is 12.2 Å². The molecule has 0 radical (unpaired) electrons. The smallest absolute Gasteiger partial charge is 0.0564 e. The summed E-state index contributed by atoms with van der Waals surface area (Å²) < 4.78 is 0. The molecular formula is C12H17Cl2NOS. The van der Waals surface area contributed by atoms with Gasteiger partial charge in [-0.15, -0.1) is 0 Å². The minimum Gasteiger partial charge on any atom is -0.395 e. The van der Waals surface area contributed by atoms with E-state index in [-0.39, 0.29) is 17.9 Å². The van der Waals surface area contributed by atoms with Crippen LogP contribution in [-0.4, -0.2) is 29.3 Å². The number of hydrogen-bond acceptors (Lipinski definition) is 3. The Kier molecular flexibility index (Phi) is 6.67. The van der Waals surface area contributed by atoms with E-state index in [1.807, 2.05) is 18.4 Å². The Morgan fingerprint density at radius 1 is 1.29 bits per heavy atom. The summed E-state index contributed by atoms with van der Waals surface area (Å²) in [4.78, 5) is 0. The second-order valence-electron chi connectivity index (χ2n) is 3.90. The Bertz CT molecular complexity index is 338. The summed E-state index contributed by atoms with van der Waals surface area (Å²) >= 11 is 13.5. The van der Waals surface area contributed by atoms with Crippen molar-refractivity contribution in [2.75, 3.05) is 12.9 Å². The highest BCUT2D eigenvalue weighted by molar-refractivity contribution is 7.99. The molecule has 1 aromatic rings. The highest BCUT2D eigenvalue weighted by Crippen LogP contribution is 2.19. The lowest BCUT2D eigenvalue weighted by atomic mass is 10.2. The van der Waals surface area contributed by atoms with E-state index >= 15 is 0 Å². The van der Waals surface area contributed by atoms with Crippen LogP contribution in [0.2, 0.25) is 10.0 Å². The van der Waals surface area contributed by atoms with Gasteiger partial charge >= 0.3 is 0 Å². The normalized spacial score (nSPS) is 14.6. The van der Waals surface area contributed by atoms with Gasteiger partial charge in [0.2, 0.25) is 0 Å². The molecule has 0 aromatic heterocycles. The molecule has 1 rings (SSSR count). The van der Waals surface area contributed by atoms with Gasteiger partial charge in [-0.1, -0.05) is 23.2 Å². The average Bonchev–Trinajstić information content (AvgIpc) is 2.27. The maximum atomic E-state index is 9.18. The maximum absolute atomic E-state index is 9.18. The first kappa shape index (κ1) is 15.1. The fraction of sp³-hybridized carbons (Fsp3) is 0.500. The number of rotatable bonds is 6. The molecule has 2 nitrogen and oxygen atoms in total. The molecule has 5 heteroatoms. The summed E-state index contributed by atoms with van der Waals surface area (Å²) in [5.41, 5.74) is 1.05. The molecule has 0 aliphatic carbocycles. The van der Waals surface area contributed by atoms with Crippen LogP contribution in [0, 0.1) is 0 Å². The fourth-order valence-corrected chi connectivity index (χ4v) is 2.78. The van der Waals surface area contributed by atoms with E-state index < -0.39 is 0 Å². The van der Waals surface area contributed by atoms with Gasteiger partial charge in [0.1, 0.15) is 0 Å².